The van der Waals surface area contributed by atoms with Crippen LogP contribution in [0, 0.1) is 19.8 Å². The highest BCUT2D eigenvalue weighted by Crippen LogP contribution is 2.36. The van der Waals surface area contributed by atoms with Crippen molar-refractivity contribution < 1.29 is 0 Å². The lowest BCUT2D eigenvalue weighted by Gasteiger charge is -2.22. The molecule has 126 valence electrons. The lowest BCUT2D eigenvalue weighted by atomic mass is 9.86. The van der Waals surface area contributed by atoms with Crippen molar-refractivity contribution >= 4 is 16.3 Å². The molecule has 0 bridgehead atoms. The number of benzene rings is 2. The lowest BCUT2D eigenvalue weighted by molar-refractivity contribution is 0.817. The highest BCUT2D eigenvalue weighted by molar-refractivity contribution is 5.98. The molecule has 3 aromatic rings. The standard InChI is InChI=1S/C24H25N/c1-15(2)19-11-7-13-22-21(19)14-17(4)24(25-22)20-12-6-10-18-9-5-8-16(3)23(18)20/h5-6,8-12,14-15H,7,13H2,1-4H3. The predicted molar refractivity (Wildman–Crippen MR) is 108 cm³/mol. The van der Waals surface area contributed by atoms with Gasteiger partial charge in [0, 0.05) is 11.3 Å². The maximum atomic E-state index is 5.17. The van der Waals surface area contributed by atoms with Crippen LogP contribution in [0.5, 0.6) is 0 Å². The van der Waals surface area contributed by atoms with Gasteiger partial charge in [-0.2, -0.15) is 0 Å². The van der Waals surface area contributed by atoms with Crippen molar-refractivity contribution in [3.63, 3.8) is 0 Å². The van der Waals surface area contributed by atoms with Crippen LogP contribution in [0.4, 0.5) is 0 Å². The van der Waals surface area contributed by atoms with Crippen molar-refractivity contribution in [2.24, 2.45) is 5.92 Å². The monoisotopic (exact) mass is 327 g/mol. The first-order valence-electron chi connectivity index (χ1n) is 9.26. The van der Waals surface area contributed by atoms with Gasteiger partial charge in [0.15, 0.2) is 0 Å². The van der Waals surface area contributed by atoms with Crippen LogP contribution in [0.2, 0.25) is 0 Å². The van der Waals surface area contributed by atoms with E-state index in [2.05, 4.69) is 76.2 Å². The molecule has 1 aliphatic carbocycles. The first kappa shape index (κ1) is 16.1. The SMILES string of the molecule is Cc1cc2c(nc1-c1cccc3cccc(C)c13)CCC=C2C(C)C. The van der Waals surface area contributed by atoms with Gasteiger partial charge in [-0.15, -0.1) is 0 Å². The molecule has 0 fully saturated rings. The molecule has 0 unspecified atom stereocenters. The minimum absolute atomic E-state index is 0.547. The predicted octanol–water partition coefficient (Wildman–Crippen LogP) is 6.50. The molecule has 0 atom stereocenters. The number of fused-ring (bicyclic) bond motifs is 2. The largest absolute Gasteiger partial charge is 0.252 e. The number of pyridine rings is 1. The Balaban J connectivity index is 1.96. The van der Waals surface area contributed by atoms with Gasteiger partial charge in [0.25, 0.3) is 0 Å². The summed E-state index contributed by atoms with van der Waals surface area (Å²) in [7, 11) is 0. The molecular formula is C24H25N. The van der Waals surface area contributed by atoms with Gasteiger partial charge in [0.2, 0.25) is 0 Å². The molecule has 1 aromatic heterocycles. The Bertz CT molecular complexity index is 987. The highest BCUT2D eigenvalue weighted by Gasteiger charge is 2.19. The molecule has 25 heavy (non-hydrogen) atoms. The summed E-state index contributed by atoms with van der Waals surface area (Å²) in [6.07, 6.45) is 4.54. The number of hydrogen-bond acceptors (Lipinski definition) is 1. The quantitative estimate of drug-likeness (QED) is 0.523. The summed E-state index contributed by atoms with van der Waals surface area (Å²) < 4.78 is 0. The second kappa shape index (κ2) is 6.15. The molecule has 0 spiro atoms. The maximum absolute atomic E-state index is 5.17. The third-order valence-corrected chi connectivity index (χ3v) is 5.34. The fourth-order valence-corrected chi connectivity index (χ4v) is 4.11. The fraction of sp³-hybridized carbons (Fsp3) is 0.292. The second-order valence-corrected chi connectivity index (χ2v) is 7.48. The number of aryl methyl sites for hydroxylation is 3. The topological polar surface area (TPSA) is 12.9 Å². The summed E-state index contributed by atoms with van der Waals surface area (Å²) >= 11 is 0. The molecule has 0 N–H and O–H groups in total. The first-order chi connectivity index (χ1) is 12.1. The Morgan fingerprint density at radius 2 is 1.68 bits per heavy atom. The van der Waals surface area contributed by atoms with E-state index in [-0.39, 0.29) is 0 Å². The van der Waals surface area contributed by atoms with Crippen molar-refractivity contribution in [1.29, 1.82) is 0 Å². The summed E-state index contributed by atoms with van der Waals surface area (Å²) in [6, 6.07) is 15.4. The van der Waals surface area contributed by atoms with Gasteiger partial charge in [0.1, 0.15) is 0 Å². The summed E-state index contributed by atoms with van der Waals surface area (Å²) in [5.41, 5.74) is 9.06. The summed E-state index contributed by atoms with van der Waals surface area (Å²) in [5, 5.41) is 2.62. The van der Waals surface area contributed by atoms with E-state index < -0.39 is 0 Å². The van der Waals surface area contributed by atoms with E-state index in [1.54, 1.807) is 0 Å². The van der Waals surface area contributed by atoms with Crippen LogP contribution in [0.15, 0.2) is 48.5 Å². The smallest absolute Gasteiger partial charge is 0.0741 e. The zero-order chi connectivity index (χ0) is 17.6. The van der Waals surface area contributed by atoms with Crippen LogP contribution in [0.25, 0.3) is 27.6 Å². The van der Waals surface area contributed by atoms with Crippen LogP contribution in [0.1, 0.15) is 42.7 Å². The van der Waals surface area contributed by atoms with Gasteiger partial charge in [-0.25, -0.2) is 0 Å². The van der Waals surface area contributed by atoms with Gasteiger partial charge in [-0.3, -0.25) is 4.98 Å². The van der Waals surface area contributed by atoms with E-state index in [9.17, 15) is 0 Å². The van der Waals surface area contributed by atoms with Gasteiger partial charge >= 0.3 is 0 Å². The number of allylic oxidation sites excluding steroid dienone is 2. The Morgan fingerprint density at radius 3 is 2.44 bits per heavy atom. The fourth-order valence-electron chi connectivity index (χ4n) is 4.11. The molecule has 0 aliphatic heterocycles. The molecule has 2 aromatic carbocycles. The van der Waals surface area contributed by atoms with E-state index in [0.717, 1.165) is 18.5 Å². The molecule has 4 rings (SSSR count). The Hall–Kier alpha value is -2.41. The zero-order valence-electron chi connectivity index (χ0n) is 15.6. The molecule has 1 aliphatic rings. The highest BCUT2D eigenvalue weighted by atomic mass is 14.7. The van der Waals surface area contributed by atoms with Crippen LogP contribution in [0.3, 0.4) is 0 Å². The summed E-state index contributed by atoms with van der Waals surface area (Å²) in [6.45, 7) is 8.95. The molecular weight excluding hydrogens is 302 g/mol. The van der Waals surface area contributed by atoms with Crippen molar-refractivity contribution in [3.05, 3.63) is 70.9 Å². The zero-order valence-corrected chi connectivity index (χ0v) is 15.6. The third-order valence-electron chi connectivity index (χ3n) is 5.34. The molecule has 1 nitrogen and oxygen atoms in total. The third kappa shape index (κ3) is 2.68. The average molecular weight is 327 g/mol. The van der Waals surface area contributed by atoms with Crippen LogP contribution in [-0.2, 0) is 6.42 Å². The number of hydrogen-bond donors (Lipinski definition) is 0. The molecule has 0 amide bonds. The van der Waals surface area contributed by atoms with Crippen LogP contribution in [-0.4, -0.2) is 4.98 Å². The van der Waals surface area contributed by atoms with Crippen LogP contribution < -0.4 is 0 Å². The van der Waals surface area contributed by atoms with Crippen molar-refractivity contribution in [1.82, 2.24) is 4.98 Å². The van der Waals surface area contributed by atoms with E-state index in [4.69, 9.17) is 4.98 Å². The van der Waals surface area contributed by atoms with E-state index in [1.807, 2.05) is 0 Å². The molecule has 1 heterocycles. The lowest BCUT2D eigenvalue weighted by Crippen LogP contribution is -2.08. The van der Waals surface area contributed by atoms with Gasteiger partial charge < -0.3 is 0 Å². The minimum Gasteiger partial charge on any atom is -0.252 e. The molecule has 0 radical (unpaired) electrons. The van der Waals surface area contributed by atoms with Gasteiger partial charge in [0.05, 0.1) is 5.69 Å². The van der Waals surface area contributed by atoms with Gasteiger partial charge in [-0.1, -0.05) is 56.3 Å². The Kier molecular flexibility index (Phi) is 3.95. The van der Waals surface area contributed by atoms with Crippen molar-refractivity contribution in [2.75, 3.05) is 0 Å². The molecule has 0 saturated heterocycles. The minimum atomic E-state index is 0.547. The molecule has 0 saturated carbocycles. The maximum Gasteiger partial charge on any atom is 0.0741 e. The van der Waals surface area contributed by atoms with E-state index >= 15 is 0 Å². The number of rotatable bonds is 2. The van der Waals surface area contributed by atoms with E-state index in [0.29, 0.717) is 5.92 Å². The van der Waals surface area contributed by atoms with Crippen molar-refractivity contribution in [2.45, 2.75) is 40.5 Å². The van der Waals surface area contributed by atoms with Crippen molar-refractivity contribution in [3.8, 4) is 11.3 Å². The second-order valence-electron chi connectivity index (χ2n) is 7.48. The van der Waals surface area contributed by atoms with Gasteiger partial charge in [-0.05, 0) is 71.7 Å². The first-order valence-corrected chi connectivity index (χ1v) is 9.26. The number of nitrogens with zero attached hydrogens (tertiary/aromatic N) is 1. The van der Waals surface area contributed by atoms with Crippen LogP contribution >= 0.6 is 0 Å². The number of aromatic nitrogens is 1. The summed E-state index contributed by atoms with van der Waals surface area (Å²) in [4.78, 5) is 5.17. The normalized spacial score (nSPS) is 13.9. The Morgan fingerprint density at radius 1 is 0.920 bits per heavy atom. The van der Waals surface area contributed by atoms with E-state index in [1.165, 1.54) is 44.3 Å². The molecule has 1 heteroatoms. The Labute approximate surface area is 150 Å². The summed E-state index contributed by atoms with van der Waals surface area (Å²) in [5.74, 6) is 0.547. The average Bonchev–Trinajstić information content (AvgIpc) is 2.60.